The minimum atomic E-state index is -5.08. The van der Waals surface area contributed by atoms with E-state index in [1.54, 1.807) is 24.3 Å². The quantitative estimate of drug-likeness (QED) is 0.292. The molecule has 0 bridgehead atoms. The third kappa shape index (κ3) is 6.68. The summed E-state index contributed by atoms with van der Waals surface area (Å²) in [4.78, 5) is 38.5. The Morgan fingerprint density at radius 2 is 1.75 bits per heavy atom. The highest BCUT2D eigenvalue weighted by atomic mass is 35.5. The number of rotatable bonds is 3. The molecule has 3 amide bonds. The minimum absolute atomic E-state index is 0.00370. The summed E-state index contributed by atoms with van der Waals surface area (Å²) in [6, 6.07) is 8.88. The van der Waals surface area contributed by atoms with E-state index in [2.05, 4.69) is 36.7 Å². The molecule has 3 atom stereocenters. The number of carboxylic acid groups (broad SMARTS) is 1. The number of alkyl halides is 3. The van der Waals surface area contributed by atoms with Crippen molar-refractivity contribution in [2.24, 2.45) is 11.3 Å². The van der Waals surface area contributed by atoms with Crippen LogP contribution in [-0.2, 0) is 15.0 Å². The van der Waals surface area contributed by atoms with Crippen molar-refractivity contribution in [1.82, 2.24) is 16.0 Å². The van der Waals surface area contributed by atoms with Gasteiger partial charge < -0.3 is 21.1 Å². The average Bonchev–Trinajstić information content (AvgIpc) is 3.40. The van der Waals surface area contributed by atoms with Crippen LogP contribution in [-0.4, -0.2) is 54.9 Å². The summed E-state index contributed by atoms with van der Waals surface area (Å²) in [6.45, 7) is 8.47. The predicted molar refractivity (Wildman–Crippen MR) is 158 cm³/mol. The van der Waals surface area contributed by atoms with Gasteiger partial charge in [-0.25, -0.2) is 18.9 Å². The van der Waals surface area contributed by atoms with Crippen LogP contribution < -0.4 is 20.9 Å². The maximum absolute atomic E-state index is 15.5. The Morgan fingerprint density at radius 1 is 1.11 bits per heavy atom. The number of urea groups is 1. The van der Waals surface area contributed by atoms with Crippen molar-refractivity contribution in [1.29, 1.82) is 0 Å². The molecule has 0 aromatic heterocycles. The summed E-state index contributed by atoms with van der Waals surface area (Å²) in [5, 5.41) is 17.3. The zero-order chi connectivity index (χ0) is 32.6. The Bertz CT molecular complexity index is 1430. The van der Waals surface area contributed by atoms with E-state index in [-0.39, 0.29) is 28.3 Å². The zero-order valence-corrected chi connectivity index (χ0v) is 25.8. The Hall–Kier alpha value is -2.93. The Kier molecular flexibility index (Phi) is 9.89. The molecular weight excluding hydrogens is 627 g/mol. The normalized spacial score (nSPS) is 23.8. The number of halogens is 6. The van der Waals surface area contributed by atoms with E-state index in [0.29, 0.717) is 34.8 Å². The van der Waals surface area contributed by atoms with Crippen molar-refractivity contribution < 1.29 is 37.1 Å². The molecule has 1 spiro atoms. The van der Waals surface area contributed by atoms with Gasteiger partial charge in [0, 0.05) is 23.2 Å². The number of piperidine rings is 1. The number of carbonyl (C=O) groups is 3. The number of amides is 3. The van der Waals surface area contributed by atoms with Gasteiger partial charge in [-0.3, -0.25) is 4.79 Å². The van der Waals surface area contributed by atoms with E-state index in [1.165, 1.54) is 11.0 Å². The number of nitrogens with zero attached hydrogens (tertiary/aromatic N) is 1. The van der Waals surface area contributed by atoms with Gasteiger partial charge in [0.1, 0.15) is 11.2 Å². The topological polar surface area (TPSA) is 111 Å². The maximum Gasteiger partial charge on any atom is 0.490 e. The van der Waals surface area contributed by atoms with E-state index >= 15 is 4.39 Å². The average molecular weight is 662 g/mol. The predicted octanol–water partition coefficient (Wildman–Crippen LogP) is 6.21. The number of imide groups is 1. The number of hydrogen-bond donors (Lipinski definition) is 4. The van der Waals surface area contributed by atoms with Gasteiger partial charge in [0.15, 0.2) is 0 Å². The summed E-state index contributed by atoms with van der Waals surface area (Å²) in [6.07, 6.45) is -2.83. The molecule has 2 saturated heterocycles. The molecule has 5 rings (SSSR count). The lowest BCUT2D eigenvalue weighted by Gasteiger charge is -2.38. The van der Waals surface area contributed by atoms with Crippen molar-refractivity contribution >= 4 is 46.8 Å². The van der Waals surface area contributed by atoms with Gasteiger partial charge in [0.25, 0.3) is 0 Å². The molecule has 8 nitrogen and oxygen atoms in total. The van der Waals surface area contributed by atoms with Crippen LogP contribution in [0.4, 0.5) is 28.0 Å². The van der Waals surface area contributed by atoms with Gasteiger partial charge in [0.05, 0.1) is 16.8 Å². The number of carbonyl (C=O) groups excluding carboxylic acids is 2. The molecule has 2 fully saturated rings. The molecule has 3 heterocycles. The van der Waals surface area contributed by atoms with Gasteiger partial charge >= 0.3 is 18.2 Å². The summed E-state index contributed by atoms with van der Waals surface area (Å²) >= 11 is 12.6. The van der Waals surface area contributed by atoms with E-state index in [1.807, 2.05) is 6.07 Å². The van der Waals surface area contributed by atoms with Gasteiger partial charge in [0.2, 0.25) is 5.91 Å². The fraction of sp³-hybridized carbons (Fsp3) is 0.500. The summed E-state index contributed by atoms with van der Waals surface area (Å²) in [7, 11) is 0. The van der Waals surface area contributed by atoms with E-state index in [0.717, 1.165) is 25.9 Å². The standard InChI is InChI=1S/C28H33Cl2FN4O2.C2HF3O2/c1-27(2,3)14-16-15-33-24(19-5-4-6-21(30)23(19)31)28(16)20-8-7-17(29)13-22(20)35(25(28)36)26(37)34-18-9-11-32-12-10-18;3-2(4,5)1(6)7/h4-8,13,16,18,24,32-33H,9-12,14-15H2,1-3H3,(H,34,37);(H,6,7)/t16-,24-,28+;/m1./s1. The van der Waals surface area contributed by atoms with Crippen LogP contribution in [0, 0.1) is 17.2 Å². The first-order chi connectivity index (χ1) is 20.5. The largest absolute Gasteiger partial charge is 0.490 e. The Labute approximate surface area is 262 Å². The maximum atomic E-state index is 15.5. The Morgan fingerprint density at radius 3 is 2.34 bits per heavy atom. The molecule has 3 aliphatic heterocycles. The van der Waals surface area contributed by atoms with Crippen molar-refractivity contribution in [2.75, 3.05) is 24.5 Å². The second-order valence-corrected chi connectivity index (χ2v) is 13.2. The molecule has 0 aliphatic carbocycles. The van der Waals surface area contributed by atoms with Crippen LogP contribution in [0.25, 0.3) is 0 Å². The van der Waals surface area contributed by atoms with E-state index in [9.17, 15) is 22.8 Å². The van der Waals surface area contributed by atoms with Crippen LogP contribution >= 0.6 is 23.2 Å². The molecule has 44 heavy (non-hydrogen) atoms. The lowest BCUT2D eigenvalue weighted by molar-refractivity contribution is -0.192. The first-order valence-corrected chi connectivity index (χ1v) is 14.9. The van der Waals surface area contributed by atoms with Crippen LogP contribution in [0.1, 0.15) is 57.2 Å². The SMILES string of the molecule is CC(C)(C)C[C@@H]1CN[C@H](c2cccc(Cl)c2F)[C@]12C(=O)N(C(=O)NC1CCNCC1)c1cc(Cl)ccc12.O=C(O)C(F)(F)F. The number of carboxylic acids is 1. The van der Waals surface area contributed by atoms with Crippen LogP contribution in [0.2, 0.25) is 10.0 Å². The van der Waals surface area contributed by atoms with Crippen molar-refractivity contribution in [2.45, 2.75) is 63.7 Å². The number of aliphatic carboxylic acids is 1. The fourth-order valence-corrected chi connectivity index (χ4v) is 6.77. The third-order valence-electron chi connectivity index (χ3n) is 8.13. The van der Waals surface area contributed by atoms with Gasteiger partial charge in [-0.1, -0.05) is 62.2 Å². The van der Waals surface area contributed by atoms with Crippen LogP contribution in [0.15, 0.2) is 36.4 Å². The minimum Gasteiger partial charge on any atom is -0.475 e. The number of hydrogen-bond acceptors (Lipinski definition) is 5. The molecule has 2 aromatic carbocycles. The highest BCUT2D eigenvalue weighted by molar-refractivity contribution is 6.32. The number of fused-ring (bicyclic) bond motifs is 2. The third-order valence-corrected chi connectivity index (χ3v) is 8.66. The second-order valence-electron chi connectivity index (χ2n) is 12.4. The second kappa shape index (κ2) is 12.8. The molecule has 4 N–H and O–H groups in total. The molecule has 14 heteroatoms. The van der Waals surface area contributed by atoms with Gasteiger partial charge in [-0.2, -0.15) is 13.2 Å². The molecular formula is C30H34Cl2F4N4O4. The summed E-state index contributed by atoms with van der Waals surface area (Å²) in [5.41, 5.74) is 0.145. The van der Waals surface area contributed by atoms with Gasteiger partial charge in [-0.05, 0) is 67.4 Å². The number of benzene rings is 2. The summed E-state index contributed by atoms with van der Waals surface area (Å²) in [5.74, 6) is -3.87. The number of nitrogens with one attached hydrogen (secondary N) is 3. The molecule has 2 aromatic rings. The van der Waals surface area contributed by atoms with E-state index in [4.69, 9.17) is 33.1 Å². The number of anilines is 1. The van der Waals surface area contributed by atoms with Crippen LogP contribution in [0.5, 0.6) is 0 Å². The molecule has 3 aliphatic rings. The highest BCUT2D eigenvalue weighted by Gasteiger charge is 2.65. The van der Waals surface area contributed by atoms with Crippen molar-refractivity contribution in [3.05, 3.63) is 63.4 Å². The molecule has 0 saturated carbocycles. The lowest BCUT2D eigenvalue weighted by Crippen LogP contribution is -2.54. The first kappa shape index (κ1) is 34.0. The Balaban J connectivity index is 0.000000566. The smallest absolute Gasteiger partial charge is 0.475 e. The van der Waals surface area contributed by atoms with E-state index < -0.39 is 35.5 Å². The summed E-state index contributed by atoms with van der Waals surface area (Å²) < 4.78 is 47.2. The van der Waals surface area contributed by atoms with Crippen molar-refractivity contribution in [3.63, 3.8) is 0 Å². The zero-order valence-electron chi connectivity index (χ0n) is 24.3. The van der Waals surface area contributed by atoms with Gasteiger partial charge in [-0.15, -0.1) is 0 Å². The fourth-order valence-electron chi connectivity index (χ4n) is 6.42. The monoisotopic (exact) mass is 660 g/mol. The molecule has 0 radical (unpaired) electrons. The highest BCUT2D eigenvalue weighted by Crippen LogP contribution is 2.58. The molecule has 0 unspecified atom stereocenters. The molecule has 240 valence electrons. The lowest BCUT2D eigenvalue weighted by atomic mass is 9.63. The van der Waals surface area contributed by atoms with Crippen LogP contribution in [0.3, 0.4) is 0 Å². The van der Waals surface area contributed by atoms with Crippen molar-refractivity contribution in [3.8, 4) is 0 Å². The first-order valence-electron chi connectivity index (χ1n) is 14.1.